The van der Waals surface area contributed by atoms with E-state index in [1.165, 1.54) is 28.2 Å². The third-order valence-corrected chi connectivity index (χ3v) is 9.39. The van der Waals surface area contributed by atoms with Gasteiger partial charge in [0.05, 0.1) is 19.5 Å². The number of nitrogen functional groups attached to an aromatic ring is 1. The normalized spacial score (nSPS) is 31.9. The van der Waals surface area contributed by atoms with E-state index < -0.39 is 83.8 Å². The van der Waals surface area contributed by atoms with Gasteiger partial charge in [-0.1, -0.05) is 6.08 Å². The van der Waals surface area contributed by atoms with Crippen molar-refractivity contribution in [3.63, 3.8) is 0 Å². The van der Waals surface area contributed by atoms with Gasteiger partial charge in [-0.15, -0.1) is 0 Å². The third-order valence-electron chi connectivity index (χ3n) is 6.86. The number of hydrogen-bond acceptors (Lipinski definition) is 19. The Labute approximate surface area is 303 Å². The quantitative estimate of drug-likeness (QED) is 0.0931. The molecule has 0 radical (unpaired) electrons. The molecule has 8 N–H and O–H groups in total. The molecule has 2 saturated heterocycles. The number of aliphatic hydroxyl groups is 4. The molecule has 46 heavy (non-hydrogen) atoms. The second-order valence-electron chi connectivity index (χ2n) is 9.80. The molecule has 2 aromatic rings. The number of phosphoric acid groups is 2. The number of primary amides is 1. The molecule has 0 bridgehead atoms. The van der Waals surface area contributed by atoms with E-state index in [0.29, 0.717) is 0 Å². The number of amides is 1. The molecule has 10 atom stereocenters. The zero-order chi connectivity index (χ0) is 32.0. The van der Waals surface area contributed by atoms with E-state index in [9.17, 15) is 44.1 Å². The number of aromatic nitrogens is 4. The van der Waals surface area contributed by atoms with Crippen molar-refractivity contribution in [3.05, 3.63) is 36.7 Å². The van der Waals surface area contributed by atoms with Gasteiger partial charge in [-0.3, -0.25) is 18.5 Å². The number of allylic oxidation sites excluding steroid dienone is 1. The van der Waals surface area contributed by atoms with Crippen LogP contribution >= 0.6 is 15.6 Å². The van der Waals surface area contributed by atoms with Crippen molar-refractivity contribution in [2.24, 2.45) is 5.73 Å². The number of nitrogens with zero attached hydrogens (tertiary/aromatic N) is 5. The summed E-state index contributed by atoms with van der Waals surface area (Å²) in [6, 6.07) is 0. The summed E-state index contributed by atoms with van der Waals surface area (Å²) < 4.78 is 49.9. The van der Waals surface area contributed by atoms with Crippen LogP contribution in [0.25, 0.3) is 11.2 Å². The number of aliphatic hydroxyl groups excluding tert-OH is 4. The fourth-order valence-corrected chi connectivity index (χ4v) is 6.68. The fraction of sp³-hybridized carbons (Fsp3) is 0.524. The number of phosphoric ester groups is 2. The van der Waals surface area contributed by atoms with Crippen molar-refractivity contribution in [3.8, 4) is 0 Å². The van der Waals surface area contributed by atoms with E-state index in [4.69, 9.17) is 20.9 Å². The number of fused-ring (bicyclic) bond motifs is 1. The van der Waals surface area contributed by atoms with E-state index in [-0.39, 0.29) is 88.1 Å². The van der Waals surface area contributed by atoms with Crippen molar-refractivity contribution in [2.45, 2.75) is 55.5 Å². The maximum atomic E-state index is 12.3. The Kier molecular flexibility index (Phi) is 13.6. The molecule has 3 aliphatic heterocycles. The summed E-state index contributed by atoms with van der Waals surface area (Å²) in [4.78, 5) is 49.0. The molecule has 25 heteroatoms. The van der Waals surface area contributed by atoms with Gasteiger partial charge in [0, 0.05) is 18.0 Å². The summed E-state index contributed by atoms with van der Waals surface area (Å²) >= 11 is 0. The first-order valence-electron chi connectivity index (χ1n) is 12.7. The Balaban J connectivity index is 0.00000288. The van der Waals surface area contributed by atoms with Crippen LogP contribution in [0, 0.1) is 0 Å². The molecule has 2 fully saturated rings. The summed E-state index contributed by atoms with van der Waals surface area (Å²) in [7, 11) is -11.4. The van der Waals surface area contributed by atoms with Crippen LogP contribution < -0.4 is 80.4 Å². The molecule has 3 aliphatic rings. The van der Waals surface area contributed by atoms with Crippen LogP contribution in [-0.4, -0.2) is 107 Å². The fourth-order valence-electron chi connectivity index (χ4n) is 4.66. The van der Waals surface area contributed by atoms with Crippen molar-refractivity contribution in [1.82, 2.24) is 24.4 Å². The molecule has 0 aliphatic carbocycles. The number of carbonyl (C=O) groups is 1. The number of ether oxygens (including phenoxy) is 2. The molecule has 21 nitrogen and oxygen atoms in total. The summed E-state index contributed by atoms with van der Waals surface area (Å²) in [6.07, 6.45) is -5.32. The molecule has 2 aromatic heterocycles. The van der Waals surface area contributed by atoms with E-state index in [1.54, 1.807) is 6.08 Å². The Morgan fingerprint density at radius 2 is 1.52 bits per heavy atom. The van der Waals surface area contributed by atoms with Crippen molar-refractivity contribution in [1.29, 1.82) is 0 Å². The molecule has 10 unspecified atom stereocenters. The molecular weight excluding hydrogens is 682 g/mol. The third kappa shape index (κ3) is 8.64. The SMILES string of the molecule is NC(=O)C1=CN(C2OC(COP(=O)([O-])OP(=O)([O-])OCC3OC(n4cnc5c(N)ncnc54)C(O)C3O)C(O)C2O)C=CC1.[Na+].[Na+]. The van der Waals surface area contributed by atoms with E-state index >= 15 is 0 Å². The van der Waals surface area contributed by atoms with Crippen molar-refractivity contribution in [2.75, 3.05) is 18.9 Å². The predicted molar refractivity (Wildman–Crippen MR) is 137 cm³/mol. The van der Waals surface area contributed by atoms with Crippen molar-refractivity contribution >= 4 is 38.5 Å². The second kappa shape index (κ2) is 15.8. The minimum absolute atomic E-state index is 0. The van der Waals surface area contributed by atoms with Crippen LogP contribution in [0.5, 0.6) is 0 Å². The topological polar surface area (TPSA) is 323 Å². The van der Waals surface area contributed by atoms with Crippen LogP contribution in [0.2, 0.25) is 0 Å². The second-order valence-corrected chi connectivity index (χ2v) is 12.8. The first-order chi connectivity index (χ1) is 20.7. The summed E-state index contributed by atoms with van der Waals surface area (Å²) in [5.74, 6) is -0.686. The van der Waals surface area contributed by atoms with Gasteiger partial charge >= 0.3 is 59.1 Å². The molecule has 0 aromatic carbocycles. The van der Waals surface area contributed by atoms with Gasteiger partial charge in [-0.2, -0.15) is 0 Å². The average Bonchev–Trinajstić information content (AvgIpc) is 3.61. The number of carbonyl (C=O) groups excluding carboxylic acids is 1. The minimum Gasteiger partial charge on any atom is -0.756 e. The first-order valence-corrected chi connectivity index (χ1v) is 15.6. The van der Waals surface area contributed by atoms with Gasteiger partial charge in [0.1, 0.15) is 48.5 Å². The molecule has 1 amide bonds. The number of hydrogen-bond donors (Lipinski definition) is 6. The first kappa shape index (κ1) is 39.6. The van der Waals surface area contributed by atoms with Crippen LogP contribution in [0.15, 0.2) is 36.7 Å². The van der Waals surface area contributed by atoms with Crippen LogP contribution in [0.1, 0.15) is 12.6 Å². The number of imidazole rings is 1. The number of nitrogens with two attached hydrogens (primary N) is 2. The standard InChI is InChI=1S/C21H29N7O14P2.2Na/c22-17-12-19(25-7-24-17)28(8-26-12)21-16(32)14(30)11(41-21)6-39-44(36,37)42-43(34,35)38-5-10-13(29)15(31)20(40-10)27-3-1-2-9(4-27)18(23)33;;/h1,3-4,7-8,10-11,13-16,20-21,29-32H,2,5-6H2,(H2,23,33)(H,34,35)(H,36,37)(H2,22,24,25);;/q;2*+1/p-2. The monoisotopic (exact) mass is 709 g/mol. The predicted octanol–water partition coefficient (Wildman–Crippen LogP) is -9.94. The maximum Gasteiger partial charge on any atom is 1.00 e. The molecule has 242 valence electrons. The minimum atomic E-state index is -5.68. The Morgan fingerprint density at radius 1 is 0.957 bits per heavy atom. The van der Waals surface area contributed by atoms with Crippen LogP contribution in [-0.2, 0) is 36.8 Å². The summed E-state index contributed by atoms with van der Waals surface area (Å²) in [5, 5.41) is 41.5. The maximum absolute atomic E-state index is 12.3. The van der Waals surface area contributed by atoms with Gasteiger partial charge in [0.25, 0.3) is 15.6 Å². The van der Waals surface area contributed by atoms with Crippen LogP contribution in [0.3, 0.4) is 0 Å². The average molecular weight is 709 g/mol. The van der Waals surface area contributed by atoms with Gasteiger partial charge < -0.3 is 65.1 Å². The largest absolute Gasteiger partial charge is 1.00 e. The van der Waals surface area contributed by atoms with Crippen molar-refractivity contribution < 1.29 is 126 Å². The summed E-state index contributed by atoms with van der Waals surface area (Å²) in [6.45, 7) is -1.97. The molecule has 0 spiro atoms. The van der Waals surface area contributed by atoms with E-state index in [0.717, 1.165) is 6.33 Å². The smallest absolute Gasteiger partial charge is 0.756 e. The zero-order valence-corrected chi connectivity index (χ0v) is 30.1. The Hall–Kier alpha value is -0.880. The van der Waals surface area contributed by atoms with E-state index in [1.807, 2.05) is 0 Å². The van der Waals surface area contributed by atoms with Gasteiger partial charge in [0.15, 0.2) is 23.9 Å². The van der Waals surface area contributed by atoms with Gasteiger partial charge in [0.2, 0.25) is 5.91 Å². The number of anilines is 1. The van der Waals surface area contributed by atoms with Gasteiger partial charge in [-0.05, 0) is 6.42 Å². The van der Waals surface area contributed by atoms with Crippen LogP contribution in [0.4, 0.5) is 5.82 Å². The van der Waals surface area contributed by atoms with E-state index in [2.05, 4.69) is 28.3 Å². The summed E-state index contributed by atoms with van der Waals surface area (Å²) in [5.41, 5.74) is 11.5. The Bertz CT molecular complexity index is 1570. The van der Waals surface area contributed by atoms with Gasteiger partial charge in [-0.25, -0.2) is 19.3 Å². The zero-order valence-electron chi connectivity index (χ0n) is 24.3. The molecular formula is C21H27N7Na2O14P2. The molecule has 5 heterocycles. The Morgan fingerprint density at radius 3 is 2.11 bits per heavy atom. The number of rotatable bonds is 11. The molecule has 5 rings (SSSR count). The molecule has 0 saturated carbocycles.